The van der Waals surface area contributed by atoms with E-state index in [4.69, 9.17) is 4.84 Å². The minimum Gasteiger partial charge on any atom is -0.381 e. The van der Waals surface area contributed by atoms with Gasteiger partial charge in [-0.25, -0.2) is 9.29 Å². The number of hydrogen-bond acceptors (Lipinski definition) is 4. The minimum absolute atomic E-state index is 0.132. The van der Waals surface area contributed by atoms with Gasteiger partial charge < -0.3 is 4.84 Å². The van der Waals surface area contributed by atoms with Crippen LogP contribution in [0, 0.1) is 11.7 Å². The molecule has 0 spiro atoms. The van der Waals surface area contributed by atoms with Crippen molar-refractivity contribution in [2.45, 2.75) is 12.3 Å². The van der Waals surface area contributed by atoms with Crippen LogP contribution in [0.4, 0.5) is 23.2 Å². The monoisotopic (exact) mass is 378 g/mol. The molecule has 2 aliphatic heterocycles. The first-order valence-corrected chi connectivity index (χ1v) is 7.82. The largest absolute Gasteiger partial charge is 0.416 e. The molecule has 1 saturated heterocycles. The zero-order valence-electron chi connectivity index (χ0n) is 13.4. The fourth-order valence-corrected chi connectivity index (χ4v) is 3.11. The third kappa shape index (κ3) is 2.75. The highest BCUT2D eigenvalue weighted by molar-refractivity contribution is 6.32. The molecule has 2 aromatic rings. The highest BCUT2D eigenvalue weighted by atomic mass is 19.4. The topological polar surface area (TPSA) is 59.0 Å². The second-order valence-electron chi connectivity index (χ2n) is 6.05. The second-order valence-corrected chi connectivity index (χ2v) is 6.05. The lowest BCUT2D eigenvalue weighted by Crippen LogP contribution is -2.33. The zero-order valence-corrected chi connectivity index (χ0v) is 13.4. The molecular weight excluding hydrogens is 368 g/mol. The molecule has 2 aliphatic rings. The zero-order chi connectivity index (χ0) is 19.3. The lowest BCUT2D eigenvalue weighted by molar-refractivity contribution is -0.137. The summed E-state index contributed by atoms with van der Waals surface area (Å²) in [7, 11) is 0. The number of fused-ring (bicyclic) bond motifs is 1. The van der Waals surface area contributed by atoms with Gasteiger partial charge in [0.1, 0.15) is 17.4 Å². The first-order chi connectivity index (χ1) is 12.8. The summed E-state index contributed by atoms with van der Waals surface area (Å²) in [6.45, 7) is 0. The van der Waals surface area contributed by atoms with Crippen molar-refractivity contribution >= 4 is 23.2 Å². The SMILES string of the molecule is O=C1[C@H]2C(c3ccc(F)cc3)=NO[C@H]2C(=O)N1c1cccc(C(F)(F)F)c1. The summed E-state index contributed by atoms with van der Waals surface area (Å²) in [4.78, 5) is 31.1. The molecule has 0 bridgehead atoms. The van der Waals surface area contributed by atoms with Crippen LogP contribution in [0.15, 0.2) is 53.7 Å². The molecule has 0 saturated carbocycles. The van der Waals surface area contributed by atoms with Gasteiger partial charge in [0, 0.05) is 5.56 Å². The van der Waals surface area contributed by atoms with Gasteiger partial charge in [-0.15, -0.1) is 0 Å². The van der Waals surface area contributed by atoms with Crippen LogP contribution in [0.25, 0.3) is 0 Å². The van der Waals surface area contributed by atoms with Crippen LogP contribution in [0.5, 0.6) is 0 Å². The van der Waals surface area contributed by atoms with E-state index in [9.17, 15) is 27.2 Å². The Morgan fingerprint density at radius 2 is 1.70 bits per heavy atom. The van der Waals surface area contributed by atoms with Gasteiger partial charge in [-0.2, -0.15) is 13.2 Å². The first-order valence-electron chi connectivity index (χ1n) is 7.82. The summed E-state index contributed by atoms with van der Waals surface area (Å²) in [5.41, 5.74) is -0.661. The molecule has 5 nitrogen and oxygen atoms in total. The van der Waals surface area contributed by atoms with Crippen molar-refractivity contribution in [1.82, 2.24) is 0 Å². The molecule has 0 N–H and O–H groups in total. The van der Waals surface area contributed by atoms with Gasteiger partial charge in [0.2, 0.25) is 12.0 Å². The standard InChI is InChI=1S/C18H10F4N2O3/c19-11-6-4-9(5-7-11)14-13-15(27-23-14)17(26)24(16(13)25)12-3-1-2-10(8-12)18(20,21)22/h1-8,13,15H/t13-,15+/m0/s1. The van der Waals surface area contributed by atoms with Crippen LogP contribution in [0.3, 0.4) is 0 Å². The van der Waals surface area contributed by atoms with Crippen molar-refractivity contribution in [3.05, 3.63) is 65.5 Å². The van der Waals surface area contributed by atoms with E-state index in [-0.39, 0.29) is 11.4 Å². The molecule has 2 aromatic carbocycles. The Morgan fingerprint density at radius 1 is 1.00 bits per heavy atom. The lowest BCUT2D eigenvalue weighted by Gasteiger charge is -2.17. The van der Waals surface area contributed by atoms with Gasteiger partial charge in [0.15, 0.2) is 0 Å². The number of imide groups is 1. The second kappa shape index (κ2) is 5.90. The number of carbonyl (C=O) groups is 2. The van der Waals surface area contributed by atoms with Gasteiger partial charge in [-0.1, -0.05) is 23.4 Å². The fourth-order valence-electron chi connectivity index (χ4n) is 3.11. The molecule has 0 aromatic heterocycles. The number of rotatable bonds is 2. The number of nitrogens with zero attached hydrogens (tertiary/aromatic N) is 2. The maximum absolute atomic E-state index is 13.1. The number of amides is 2. The highest BCUT2D eigenvalue weighted by Gasteiger charge is 2.56. The van der Waals surface area contributed by atoms with Crippen LogP contribution in [-0.4, -0.2) is 23.6 Å². The fraction of sp³-hybridized carbons (Fsp3) is 0.167. The molecule has 2 heterocycles. The average Bonchev–Trinajstić information content (AvgIpc) is 3.16. The summed E-state index contributed by atoms with van der Waals surface area (Å²) >= 11 is 0. The number of anilines is 1. The summed E-state index contributed by atoms with van der Waals surface area (Å²) in [6.07, 6.45) is -5.87. The van der Waals surface area contributed by atoms with E-state index in [1.807, 2.05) is 0 Å². The highest BCUT2D eigenvalue weighted by Crippen LogP contribution is 2.37. The van der Waals surface area contributed by atoms with Crippen molar-refractivity contribution in [3.8, 4) is 0 Å². The molecule has 1 fully saturated rings. The molecule has 27 heavy (non-hydrogen) atoms. The van der Waals surface area contributed by atoms with Gasteiger partial charge in [0.25, 0.3) is 5.91 Å². The Hall–Kier alpha value is -3.23. The van der Waals surface area contributed by atoms with Crippen molar-refractivity contribution in [2.75, 3.05) is 4.90 Å². The first kappa shape index (κ1) is 17.2. The Bertz CT molecular complexity index is 969. The third-order valence-electron chi connectivity index (χ3n) is 4.38. The Labute approximate surface area is 149 Å². The predicted octanol–water partition coefficient (Wildman–Crippen LogP) is 3.14. The Morgan fingerprint density at radius 3 is 2.37 bits per heavy atom. The summed E-state index contributed by atoms with van der Waals surface area (Å²) in [6, 6.07) is 9.01. The van der Waals surface area contributed by atoms with Crippen LogP contribution >= 0.6 is 0 Å². The molecule has 0 unspecified atom stereocenters. The summed E-state index contributed by atoms with van der Waals surface area (Å²) in [5.74, 6) is -3.14. The number of hydrogen-bond donors (Lipinski definition) is 0. The maximum atomic E-state index is 13.1. The number of benzene rings is 2. The van der Waals surface area contributed by atoms with Crippen molar-refractivity contribution in [2.24, 2.45) is 11.1 Å². The molecule has 2 amide bonds. The Kier molecular flexibility index (Phi) is 3.76. The molecular formula is C18H10F4N2O3. The smallest absolute Gasteiger partial charge is 0.381 e. The van der Waals surface area contributed by atoms with Gasteiger partial charge in [-0.05, 0) is 30.3 Å². The number of halogens is 4. The van der Waals surface area contributed by atoms with Crippen molar-refractivity contribution < 1.29 is 32.0 Å². The van der Waals surface area contributed by atoms with E-state index in [0.29, 0.717) is 10.5 Å². The van der Waals surface area contributed by atoms with E-state index in [1.54, 1.807) is 0 Å². The molecule has 0 radical (unpaired) electrons. The molecule has 2 atom stereocenters. The van der Waals surface area contributed by atoms with Crippen LogP contribution in [0.1, 0.15) is 11.1 Å². The number of carbonyl (C=O) groups excluding carboxylic acids is 2. The van der Waals surface area contributed by atoms with E-state index in [1.165, 1.54) is 18.2 Å². The van der Waals surface area contributed by atoms with Gasteiger partial charge in [0.05, 0.1) is 11.3 Å². The van der Waals surface area contributed by atoms with E-state index < -0.39 is 41.4 Å². The minimum atomic E-state index is -4.62. The predicted molar refractivity (Wildman–Crippen MR) is 85.2 cm³/mol. The quantitative estimate of drug-likeness (QED) is 0.596. The maximum Gasteiger partial charge on any atom is 0.416 e. The summed E-state index contributed by atoms with van der Waals surface area (Å²) < 4.78 is 51.9. The Balaban J connectivity index is 1.69. The van der Waals surface area contributed by atoms with E-state index >= 15 is 0 Å². The average molecular weight is 378 g/mol. The molecule has 4 rings (SSSR count). The number of oxime groups is 1. The number of alkyl halides is 3. The van der Waals surface area contributed by atoms with Gasteiger partial charge in [-0.3, -0.25) is 9.59 Å². The van der Waals surface area contributed by atoms with Crippen molar-refractivity contribution in [3.63, 3.8) is 0 Å². The van der Waals surface area contributed by atoms with E-state index in [2.05, 4.69) is 5.16 Å². The van der Waals surface area contributed by atoms with Crippen molar-refractivity contribution in [1.29, 1.82) is 0 Å². The lowest BCUT2D eigenvalue weighted by atomic mass is 9.94. The molecule has 0 aliphatic carbocycles. The van der Waals surface area contributed by atoms with Crippen LogP contribution in [-0.2, 0) is 20.6 Å². The molecule has 9 heteroatoms. The third-order valence-corrected chi connectivity index (χ3v) is 4.38. The van der Waals surface area contributed by atoms with Gasteiger partial charge >= 0.3 is 6.18 Å². The normalized spacial score (nSPS) is 21.9. The summed E-state index contributed by atoms with van der Waals surface area (Å²) in [5, 5.41) is 3.75. The van der Waals surface area contributed by atoms with Crippen LogP contribution < -0.4 is 4.90 Å². The van der Waals surface area contributed by atoms with E-state index in [0.717, 1.165) is 30.3 Å². The van der Waals surface area contributed by atoms with Crippen LogP contribution in [0.2, 0.25) is 0 Å². The molecule has 138 valence electrons.